The second kappa shape index (κ2) is 7.33. The normalized spacial score (nSPS) is 13.9. The fourth-order valence-electron chi connectivity index (χ4n) is 2.89. The summed E-state index contributed by atoms with van der Waals surface area (Å²) in [6.45, 7) is 1.98. The Labute approximate surface area is 167 Å². The number of rotatable bonds is 3. The second-order valence-electron chi connectivity index (χ2n) is 6.41. The Morgan fingerprint density at radius 2 is 1.82 bits per heavy atom. The summed E-state index contributed by atoms with van der Waals surface area (Å²) >= 11 is 5.83. The Morgan fingerprint density at radius 1 is 1.04 bits per heavy atom. The van der Waals surface area contributed by atoms with Crippen LogP contribution in [0, 0.1) is 6.92 Å². The van der Waals surface area contributed by atoms with Crippen LogP contribution in [0.3, 0.4) is 0 Å². The summed E-state index contributed by atoms with van der Waals surface area (Å²) in [6, 6.07) is 18.9. The maximum Gasteiger partial charge on any atom is 0.343 e. The van der Waals surface area contributed by atoms with Crippen molar-refractivity contribution in [2.75, 3.05) is 0 Å². The van der Waals surface area contributed by atoms with E-state index < -0.39 is 5.97 Å². The number of allylic oxidation sites excluding steroid dienone is 1. The number of halogens is 1. The molecule has 1 aliphatic rings. The van der Waals surface area contributed by atoms with Crippen LogP contribution in [0.2, 0.25) is 5.02 Å². The molecule has 0 spiro atoms. The molecule has 0 amide bonds. The molecular weight excluding hydrogens is 376 g/mol. The molecule has 4 nitrogen and oxygen atoms in total. The van der Waals surface area contributed by atoms with E-state index in [0.717, 1.165) is 11.1 Å². The molecule has 1 aliphatic heterocycles. The fourth-order valence-corrected chi connectivity index (χ4v) is 3.02. The van der Waals surface area contributed by atoms with Gasteiger partial charge in [0.1, 0.15) is 11.5 Å². The molecule has 0 atom stereocenters. The van der Waals surface area contributed by atoms with Gasteiger partial charge in [-0.15, -0.1) is 0 Å². The molecule has 3 aromatic carbocycles. The predicted molar refractivity (Wildman–Crippen MR) is 107 cm³/mol. The molecule has 3 aromatic rings. The van der Waals surface area contributed by atoms with Crippen LogP contribution in [-0.2, 0) is 0 Å². The summed E-state index contributed by atoms with van der Waals surface area (Å²) in [4.78, 5) is 24.8. The Morgan fingerprint density at radius 3 is 2.57 bits per heavy atom. The molecule has 0 saturated heterocycles. The Hall–Kier alpha value is -3.37. The summed E-state index contributed by atoms with van der Waals surface area (Å²) < 4.78 is 11.1. The number of esters is 1. The van der Waals surface area contributed by atoms with Crippen LogP contribution in [-0.4, -0.2) is 11.8 Å². The van der Waals surface area contributed by atoms with E-state index in [1.807, 2.05) is 31.2 Å². The summed E-state index contributed by atoms with van der Waals surface area (Å²) in [5, 5.41) is 0.536. The van der Waals surface area contributed by atoms with E-state index in [1.165, 1.54) is 6.07 Å². The van der Waals surface area contributed by atoms with Gasteiger partial charge in [-0.2, -0.15) is 0 Å². The first-order chi connectivity index (χ1) is 13.5. The lowest BCUT2D eigenvalue weighted by molar-refractivity contribution is 0.0734. The number of hydrogen-bond acceptors (Lipinski definition) is 4. The number of aryl methyl sites for hydroxylation is 1. The number of fused-ring (bicyclic) bond motifs is 1. The monoisotopic (exact) mass is 390 g/mol. The summed E-state index contributed by atoms with van der Waals surface area (Å²) in [7, 11) is 0. The largest absolute Gasteiger partial charge is 0.452 e. The van der Waals surface area contributed by atoms with Crippen LogP contribution in [0.15, 0.2) is 72.5 Å². The number of carbonyl (C=O) groups is 2. The van der Waals surface area contributed by atoms with Crippen molar-refractivity contribution >= 4 is 29.4 Å². The topological polar surface area (TPSA) is 52.6 Å². The van der Waals surface area contributed by atoms with E-state index in [9.17, 15) is 9.59 Å². The van der Waals surface area contributed by atoms with Gasteiger partial charge in [-0.25, -0.2) is 4.79 Å². The lowest BCUT2D eigenvalue weighted by Crippen LogP contribution is -2.08. The fraction of sp³-hybridized carbons (Fsp3) is 0.0435. The molecule has 0 bridgehead atoms. The van der Waals surface area contributed by atoms with Gasteiger partial charge in [0.2, 0.25) is 5.78 Å². The van der Waals surface area contributed by atoms with E-state index in [1.54, 1.807) is 42.5 Å². The summed E-state index contributed by atoms with van der Waals surface area (Å²) in [5.74, 6) is 0.180. The number of ketones is 1. The van der Waals surface area contributed by atoms with Crippen molar-refractivity contribution in [2.24, 2.45) is 0 Å². The molecule has 1 heterocycles. The van der Waals surface area contributed by atoms with Gasteiger partial charge in [0.15, 0.2) is 5.76 Å². The first kappa shape index (κ1) is 18.0. The number of benzene rings is 3. The Balaban J connectivity index is 1.55. The summed E-state index contributed by atoms with van der Waals surface area (Å²) in [6.07, 6.45) is 1.70. The van der Waals surface area contributed by atoms with Gasteiger partial charge in [-0.05, 0) is 55.0 Å². The third-order valence-corrected chi connectivity index (χ3v) is 4.52. The van der Waals surface area contributed by atoms with Gasteiger partial charge in [-0.3, -0.25) is 4.79 Å². The highest BCUT2D eigenvalue weighted by molar-refractivity contribution is 6.30. The smallest absolute Gasteiger partial charge is 0.343 e. The van der Waals surface area contributed by atoms with Crippen LogP contribution in [0.25, 0.3) is 6.08 Å². The number of Topliss-reactive ketones (excluding diaryl/α,β-unsaturated/α-hetero) is 1. The van der Waals surface area contributed by atoms with Crippen molar-refractivity contribution in [3.8, 4) is 11.5 Å². The lowest BCUT2D eigenvalue weighted by Gasteiger charge is -2.05. The predicted octanol–water partition coefficient (Wildman–Crippen LogP) is 5.48. The molecule has 0 unspecified atom stereocenters. The van der Waals surface area contributed by atoms with E-state index in [4.69, 9.17) is 21.1 Å². The molecule has 0 N–H and O–H groups in total. The molecule has 0 aliphatic carbocycles. The average Bonchev–Trinajstić information content (AvgIpc) is 2.97. The maximum absolute atomic E-state index is 12.6. The first-order valence-electron chi connectivity index (χ1n) is 8.62. The van der Waals surface area contributed by atoms with Crippen molar-refractivity contribution in [3.05, 3.63) is 99.8 Å². The zero-order valence-corrected chi connectivity index (χ0v) is 15.7. The Bertz CT molecular complexity index is 1110. The number of hydrogen-bond donors (Lipinski definition) is 0. The highest BCUT2D eigenvalue weighted by Crippen LogP contribution is 2.35. The van der Waals surface area contributed by atoms with Crippen molar-refractivity contribution in [1.29, 1.82) is 0 Å². The Kier molecular flexibility index (Phi) is 4.72. The first-order valence-corrected chi connectivity index (χ1v) is 9.00. The minimum Gasteiger partial charge on any atom is -0.452 e. The molecule has 4 rings (SSSR count). The third-order valence-electron chi connectivity index (χ3n) is 4.27. The van der Waals surface area contributed by atoms with Gasteiger partial charge in [0.25, 0.3) is 0 Å². The van der Waals surface area contributed by atoms with E-state index in [2.05, 4.69) is 0 Å². The van der Waals surface area contributed by atoms with Gasteiger partial charge < -0.3 is 9.47 Å². The van der Waals surface area contributed by atoms with Gasteiger partial charge in [0.05, 0.1) is 11.1 Å². The van der Waals surface area contributed by atoms with E-state index in [0.29, 0.717) is 27.6 Å². The molecule has 138 valence electrons. The van der Waals surface area contributed by atoms with Crippen molar-refractivity contribution in [3.63, 3.8) is 0 Å². The molecule has 0 saturated carbocycles. The molecule has 28 heavy (non-hydrogen) atoms. The van der Waals surface area contributed by atoms with Crippen LogP contribution in [0.4, 0.5) is 0 Å². The van der Waals surface area contributed by atoms with Crippen LogP contribution >= 0.6 is 11.6 Å². The zero-order valence-electron chi connectivity index (χ0n) is 14.9. The number of carbonyl (C=O) groups excluding carboxylic acids is 2. The number of ether oxygens (including phenoxy) is 2. The van der Waals surface area contributed by atoms with E-state index in [-0.39, 0.29) is 11.5 Å². The molecular formula is C23H15ClO4. The molecule has 0 aromatic heterocycles. The van der Waals surface area contributed by atoms with E-state index >= 15 is 0 Å². The standard InChI is InChI=1S/C23H15ClO4/c1-14-3-2-4-15(11-14)12-21-22(25)19-10-9-18(13-20(19)28-21)27-23(26)16-5-7-17(24)8-6-16/h2-13H,1H3. The van der Waals surface area contributed by atoms with Gasteiger partial charge in [-0.1, -0.05) is 41.4 Å². The molecule has 0 fully saturated rings. The van der Waals surface area contributed by atoms with Crippen molar-refractivity contribution in [1.82, 2.24) is 0 Å². The lowest BCUT2D eigenvalue weighted by atomic mass is 10.1. The molecule has 0 radical (unpaired) electrons. The van der Waals surface area contributed by atoms with Crippen LogP contribution < -0.4 is 9.47 Å². The van der Waals surface area contributed by atoms with Crippen LogP contribution in [0.5, 0.6) is 11.5 Å². The van der Waals surface area contributed by atoms with Crippen molar-refractivity contribution < 1.29 is 19.1 Å². The second-order valence-corrected chi connectivity index (χ2v) is 6.84. The third kappa shape index (κ3) is 3.68. The van der Waals surface area contributed by atoms with Crippen molar-refractivity contribution in [2.45, 2.75) is 6.92 Å². The highest BCUT2D eigenvalue weighted by Gasteiger charge is 2.28. The molecule has 5 heteroatoms. The zero-order chi connectivity index (χ0) is 19.7. The van der Waals surface area contributed by atoms with Gasteiger partial charge >= 0.3 is 5.97 Å². The van der Waals surface area contributed by atoms with Crippen LogP contribution in [0.1, 0.15) is 31.8 Å². The maximum atomic E-state index is 12.6. The minimum atomic E-state index is -0.517. The summed E-state index contributed by atoms with van der Waals surface area (Å²) in [5.41, 5.74) is 2.78. The quantitative estimate of drug-likeness (QED) is 0.337. The average molecular weight is 391 g/mol. The SMILES string of the molecule is Cc1cccc(C=C2Oc3cc(OC(=O)c4ccc(Cl)cc4)ccc3C2=O)c1. The highest BCUT2D eigenvalue weighted by atomic mass is 35.5. The minimum absolute atomic E-state index is 0.202. The van der Waals surface area contributed by atoms with Gasteiger partial charge in [0, 0.05) is 11.1 Å².